The van der Waals surface area contributed by atoms with Crippen LogP contribution in [0, 0.1) is 0 Å². The zero-order valence-electron chi connectivity index (χ0n) is 15.7. The van der Waals surface area contributed by atoms with Crippen molar-refractivity contribution in [3.05, 3.63) is 64.0 Å². The van der Waals surface area contributed by atoms with Crippen LogP contribution >= 0.6 is 22.9 Å². The quantitative estimate of drug-likeness (QED) is 0.398. The lowest BCUT2D eigenvalue weighted by Gasteiger charge is -2.16. The van der Waals surface area contributed by atoms with E-state index < -0.39 is 22.5 Å². The first kappa shape index (κ1) is 21.4. The molecular weight excluding hydrogens is 434 g/mol. The number of hydrogen-bond acceptors (Lipinski definition) is 6. The van der Waals surface area contributed by atoms with Gasteiger partial charge in [0.1, 0.15) is 13.2 Å². The third-order valence-corrected chi connectivity index (χ3v) is 7.79. The van der Waals surface area contributed by atoms with Gasteiger partial charge in [-0.2, -0.15) is 4.31 Å². The molecule has 1 aromatic heterocycles. The van der Waals surface area contributed by atoms with E-state index in [2.05, 4.69) is 0 Å². The van der Waals surface area contributed by atoms with Crippen molar-refractivity contribution in [1.29, 1.82) is 0 Å². The van der Waals surface area contributed by atoms with Crippen molar-refractivity contribution in [1.82, 2.24) is 4.31 Å². The van der Waals surface area contributed by atoms with Gasteiger partial charge in [0.2, 0.25) is 10.0 Å². The predicted molar refractivity (Wildman–Crippen MR) is 113 cm³/mol. The van der Waals surface area contributed by atoms with Crippen molar-refractivity contribution in [3.63, 3.8) is 0 Å². The number of benzene rings is 2. The highest BCUT2D eigenvalue weighted by atomic mass is 35.5. The summed E-state index contributed by atoms with van der Waals surface area (Å²) in [6, 6.07) is 13.1. The summed E-state index contributed by atoms with van der Waals surface area (Å²) in [5.74, 6) is -0.851. The van der Waals surface area contributed by atoms with Crippen molar-refractivity contribution in [2.24, 2.45) is 0 Å². The number of nitrogens with zero attached hydrogens (tertiary/aromatic N) is 1. The van der Waals surface area contributed by atoms with Gasteiger partial charge in [-0.05, 0) is 25.1 Å². The molecule has 0 aliphatic rings. The molecule has 0 unspecified atom stereocenters. The first-order chi connectivity index (χ1) is 13.7. The lowest BCUT2D eigenvalue weighted by Crippen LogP contribution is -2.33. The monoisotopic (exact) mass is 451 g/mol. The number of esters is 1. The number of fused-ring (bicyclic) bond motifs is 1. The van der Waals surface area contributed by atoms with Crippen LogP contribution in [-0.4, -0.2) is 38.1 Å². The first-order valence-electron chi connectivity index (χ1n) is 8.59. The second kappa shape index (κ2) is 8.62. The normalized spacial score (nSPS) is 11.7. The molecule has 0 atom stereocenters. The van der Waals surface area contributed by atoms with Crippen LogP contribution in [0.15, 0.2) is 53.4 Å². The Balaban J connectivity index is 1.64. The summed E-state index contributed by atoms with van der Waals surface area (Å²) in [7, 11) is -2.60. The molecule has 0 aliphatic heterocycles. The van der Waals surface area contributed by atoms with Crippen molar-refractivity contribution in [2.45, 2.75) is 18.4 Å². The summed E-state index contributed by atoms with van der Waals surface area (Å²) in [5.41, 5.74) is 0.409. The van der Waals surface area contributed by atoms with E-state index in [0.29, 0.717) is 15.5 Å². The SMILES string of the molecule is CC(=O)c1ccc(S(=O)(=O)N(C)CC(=O)OCc2sc3ccccc3c2Cl)cc1. The zero-order chi connectivity index (χ0) is 21.2. The van der Waals surface area contributed by atoms with E-state index in [4.69, 9.17) is 16.3 Å². The Bertz CT molecular complexity index is 1170. The molecular formula is C20H18ClNO5S2. The lowest BCUT2D eigenvalue weighted by molar-refractivity contribution is -0.144. The molecule has 0 bridgehead atoms. The van der Waals surface area contributed by atoms with Crippen molar-refractivity contribution < 1.29 is 22.7 Å². The molecule has 2 aromatic carbocycles. The Hall–Kier alpha value is -2.26. The number of sulfonamides is 1. The second-order valence-electron chi connectivity index (χ2n) is 6.34. The number of carbonyl (C=O) groups excluding carboxylic acids is 2. The molecule has 3 rings (SSSR count). The molecule has 152 valence electrons. The van der Waals surface area contributed by atoms with E-state index in [0.717, 1.165) is 14.4 Å². The molecule has 0 aliphatic carbocycles. The molecule has 29 heavy (non-hydrogen) atoms. The minimum Gasteiger partial charge on any atom is -0.459 e. The Kier molecular flexibility index (Phi) is 6.38. The maximum absolute atomic E-state index is 12.6. The van der Waals surface area contributed by atoms with Crippen LogP contribution in [0.3, 0.4) is 0 Å². The van der Waals surface area contributed by atoms with Crippen LogP contribution in [0.5, 0.6) is 0 Å². The number of rotatable bonds is 7. The lowest BCUT2D eigenvalue weighted by atomic mass is 10.2. The van der Waals surface area contributed by atoms with E-state index in [1.807, 2.05) is 24.3 Å². The molecule has 9 heteroatoms. The van der Waals surface area contributed by atoms with Gasteiger partial charge in [0.15, 0.2) is 5.78 Å². The number of Topliss-reactive ketones (excluding diaryl/α,β-unsaturated/α-hetero) is 1. The highest BCUT2D eigenvalue weighted by Crippen LogP contribution is 2.35. The number of hydrogen-bond donors (Lipinski definition) is 0. The van der Waals surface area contributed by atoms with Gasteiger partial charge in [-0.15, -0.1) is 11.3 Å². The van der Waals surface area contributed by atoms with E-state index >= 15 is 0 Å². The fourth-order valence-electron chi connectivity index (χ4n) is 2.66. The smallest absolute Gasteiger partial charge is 0.321 e. The van der Waals surface area contributed by atoms with Crippen LogP contribution in [0.25, 0.3) is 10.1 Å². The Morgan fingerprint density at radius 2 is 1.76 bits per heavy atom. The fraction of sp³-hybridized carbons (Fsp3) is 0.200. The van der Waals surface area contributed by atoms with E-state index in [9.17, 15) is 18.0 Å². The largest absolute Gasteiger partial charge is 0.459 e. The molecule has 0 spiro atoms. The second-order valence-corrected chi connectivity index (χ2v) is 9.90. The molecule has 0 saturated heterocycles. The van der Waals surface area contributed by atoms with Crippen molar-refractivity contribution in [2.75, 3.05) is 13.6 Å². The minimum absolute atomic E-state index is 0.00893. The minimum atomic E-state index is -3.89. The van der Waals surface area contributed by atoms with Gasteiger partial charge >= 0.3 is 5.97 Å². The predicted octanol–water partition coefficient (Wildman–Crippen LogP) is 4.12. The average Bonchev–Trinajstić information content (AvgIpc) is 3.02. The zero-order valence-corrected chi connectivity index (χ0v) is 18.1. The maximum Gasteiger partial charge on any atom is 0.321 e. The summed E-state index contributed by atoms with van der Waals surface area (Å²) in [6.07, 6.45) is 0. The maximum atomic E-state index is 12.6. The first-order valence-corrected chi connectivity index (χ1v) is 11.2. The number of halogens is 1. The number of thiophene rings is 1. The van der Waals surface area contributed by atoms with Gasteiger partial charge in [-0.1, -0.05) is 41.9 Å². The Morgan fingerprint density at radius 1 is 1.10 bits per heavy atom. The highest BCUT2D eigenvalue weighted by molar-refractivity contribution is 7.89. The molecule has 1 heterocycles. The third-order valence-electron chi connectivity index (χ3n) is 4.29. The van der Waals surface area contributed by atoms with E-state index in [1.54, 1.807) is 0 Å². The third kappa shape index (κ3) is 4.67. The van der Waals surface area contributed by atoms with Crippen LogP contribution in [-0.2, 0) is 26.2 Å². The summed E-state index contributed by atoms with van der Waals surface area (Å²) in [5, 5.41) is 1.42. The van der Waals surface area contributed by atoms with Crippen LogP contribution < -0.4 is 0 Å². The summed E-state index contributed by atoms with van der Waals surface area (Å²) >= 11 is 7.75. The van der Waals surface area contributed by atoms with Crippen LogP contribution in [0.1, 0.15) is 22.2 Å². The number of carbonyl (C=O) groups is 2. The number of likely N-dealkylation sites (N-methyl/N-ethyl adjacent to an activating group) is 1. The Morgan fingerprint density at radius 3 is 2.38 bits per heavy atom. The van der Waals surface area contributed by atoms with Gasteiger partial charge in [-0.25, -0.2) is 8.42 Å². The molecule has 0 radical (unpaired) electrons. The molecule has 0 amide bonds. The number of ketones is 1. The molecule has 0 fully saturated rings. The summed E-state index contributed by atoms with van der Waals surface area (Å²) in [6.45, 7) is 0.923. The molecule has 3 aromatic rings. The average molecular weight is 452 g/mol. The van der Waals surface area contributed by atoms with Crippen LogP contribution in [0.2, 0.25) is 5.02 Å². The van der Waals surface area contributed by atoms with Crippen LogP contribution in [0.4, 0.5) is 0 Å². The van der Waals surface area contributed by atoms with Gasteiger partial charge in [-0.3, -0.25) is 9.59 Å². The summed E-state index contributed by atoms with van der Waals surface area (Å²) in [4.78, 5) is 24.2. The Labute approximate surface area is 177 Å². The van der Waals surface area contributed by atoms with E-state index in [1.165, 1.54) is 49.6 Å². The number of ether oxygens (including phenoxy) is 1. The van der Waals surface area contributed by atoms with Crippen molar-refractivity contribution >= 4 is 54.8 Å². The molecule has 0 saturated carbocycles. The van der Waals surface area contributed by atoms with Gasteiger partial charge in [0.25, 0.3) is 0 Å². The topological polar surface area (TPSA) is 80.8 Å². The fourth-order valence-corrected chi connectivity index (χ4v) is 5.17. The molecule has 6 nitrogen and oxygen atoms in total. The van der Waals surface area contributed by atoms with Crippen molar-refractivity contribution in [3.8, 4) is 0 Å². The molecule has 0 N–H and O–H groups in total. The summed E-state index contributed by atoms with van der Waals surface area (Å²) < 4.78 is 32.3. The van der Waals surface area contributed by atoms with Gasteiger partial charge in [0.05, 0.1) is 14.8 Å². The standard InChI is InChI=1S/C20H18ClNO5S2/c1-13(23)14-7-9-15(10-8-14)29(25,26)22(2)11-19(24)27-12-18-20(21)16-5-3-4-6-17(16)28-18/h3-10H,11-12H2,1-2H3. The van der Waals surface area contributed by atoms with Gasteiger partial charge < -0.3 is 4.74 Å². The highest BCUT2D eigenvalue weighted by Gasteiger charge is 2.24. The van der Waals surface area contributed by atoms with Gasteiger partial charge in [0, 0.05) is 22.7 Å². The van der Waals surface area contributed by atoms with E-state index in [-0.39, 0.29) is 17.3 Å².